The van der Waals surface area contributed by atoms with Crippen molar-refractivity contribution in [2.45, 2.75) is 25.9 Å². The number of hydrogen-bond acceptors (Lipinski definition) is 3. The molecule has 1 rings (SSSR count). The van der Waals surface area contributed by atoms with Crippen LogP contribution in [0, 0.1) is 6.92 Å². The van der Waals surface area contributed by atoms with Gasteiger partial charge in [-0.15, -0.1) is 0 Å². The smallest absolute Gasteiger partial charge is 0.239 e. The van der Waals surface area contributed by atoms with Gasteiger partial charge in [-0.2, -0.15) is 0 Å². The number of aromatic nitrogens is 2. The number of rotatable bonds is 4. The summed E-state index contributed by atoms with van der Waals surface area (Å²) in [6.07, 6.45) is 0. The molecule has 0 spiro atoms. The lowest BCUT2D eigenvalue weighted by Gasteiger charge is -2.26. The number of primary amides is 1. The van der Waals surface area contributed by atoms with Gasteiger partial charge >= 0.3 is 0 Å². The van der Waals surface area contributed by atoms with Crippen molar-refractivity contribution >= 4 is 37.8 Å². The predicted molar refractivity (Wildman–Crippen MR) is 69.0 cm³/mol. The summed E-state index contributed by atoms with van der Waals surface area (Å²) < 4.78 is 3.39. The first-order valence-electron chi connectivity index (χ1n) is 4.68. The van der Waals surface area contributed by atoms with Crippen LogP contribution in [0.5, 0.6) is 0 Å². The molecule has 0 aliphatic carbocycles. The number of hydrogen-bond donors (Lipinski definition) is 2. The molecule has 0 saturated heterocycles. The number of carbonyl (C=O) groups excluding carboxylic acids is 1. The predicted octanol–water partition coefficient (Wildman–Crippen LogP) is 1.18. The maximum Gasteiger partial charge on any atom is 0.239 e. The molecule has 0 aromatic carbocycles. The summed E-state index contributed by atoms with van der Waals surface area (Å²) in [5, 5.41) is 2.93. The van der Waals surface area contributed by atoms with E-state index in [9.17, 15) is 4.79 Å². The van der Waals surface area contributed by atoms with E-state index in [4.69, 9.17) is 5.73 Å². The van der Waals surface area contributed by atoms with Gasteiger partial charge in [0.1, 0.15) is 20.6 Å². The second-order valence-electron chi connectivity index (χ2n) is 3.77. The highest BCUT2D eigenvalue weighted by molar-refractivity contribution is 9.13. The van der Waals surface area contributed by atoms with Gasteiger partial charge in [0, 0.05) is 0 Å². The van der Waals surface area contributed by atoms with Gasteiger partial charge in [0.2, 0.25) is 5.91 Å². The number of likely N-dealkylation sites (N-methyl/N-ethyl adjacent to an activating group) is 1. The van der Waals surface area contributed by atoms with Gasteiger partial charge in [-0.3, -0.25) is 4.79 Å². The van der Waals surface area contributed by atoms with E-state index < -0.39 is 11.4 Å². The Kier molecular flexibility index (Phi) is 4.14. The summed E-state index contributed by atoms with van der Waals surface area (Å²) in [4.78, 5) is 15.6. The van der Waals surface area contributed by atoms with Gasteiger partial charge in [-0.25, -0.2) is 4.98 Å². The zero-order valence-electron chi connectivity index (χ0n) is 9.34. The summed E-state index contributed by atoms with van der Waals surface area (Å²) in [5.74, 6) is 0.410. The van der Waals surface area contributed by atoms with Crippen molar-refractivity contribution in [2.24, 2.45) is 5.73 Å². The molecule has 7 heteroatoms. The fourth-order valence-electron chi connectivity index (χ4n) is 1.28. The van der Waals surface area contributed by atoms with E-state index in [1.807, 2.05) is 11.5 Å². The standard InChI is InChI=1S/C9H14Br2N4O/c1-5-14-6(10)7(11)15(5)4-9(2,13-3)8(12)16/h13H,4H2,1-3H3,(H2,12,16). The Morgan fingerprint density at radius 2 is 2.19 bits per heavy atom. The fraction of sp³-hybridized carbons (Fsp3) is 0.556. The number of imidazole rings is 1. The zero-order chi connectivity index (χ0) is 12.5. The number of amides is 1. The van der Waals surface area contributed by atoms with Crippen molar-refractivity contribution in [3.05, 3.63) is 15.0 Å². The van der Waals surface area contributed by atoms with Crippen LogP contribution in [0.3, 0.4) is 0 Å². The Morgan fingerprint density at radius 1 is 1.62 bits per heavy atom. The minimum absolute atomic E-state index is 0.397. The summed E-state index contributed by atoms with van der Waals surface area (Å²) in [6.45, 7) is 4.05. The van der Waals surface area contributed by atoms with Crippen molar-refractivity contribution in [1.82, 2.24) is 14.9 Å². The number of nitrogens with two attached hydrogens (primary N) is 1. The first-order valence-corrected chi connectivity index (χ1v) is 6.27. The van der Waals surface area contributed by atoms with Gasteiger partial charge in [-0.1, -0.05) is 0 Å². The van der Waals surface area contributed by atoms with E-state index in [1.54, 1.807) is 14.0 Å². The summed E-state index contributed by atoms with van der Waals surface area (Å²) in [6, 6.07) is 0. The van der Waals surface area contributed by atoms with Crippen LogP contribution in [-0.2, 0) is 11.3 Å². The van der Waals surface area contributed by atoms with Gasteiger partial charge in [0.15, 0.2) is 0 Å². The molecule has 1 heterocycles. The SMILES string of the molecule is CNC(C)(Cn1c(C)nc(Br)c1Br)C(N)=O. The molecule has 90 valence electrons. The Morgan fingerprint density at radius 3 is 2.50 bits per heavy atom. The van der Waals surface area contributed by atoms with E-state index in [0.29, 0.717) is 11.1 Å². The Hall–Kier alpha value is -0.400. The number of nitrogens with one attached hydrogen (secondary N) is 1. The summed E-state index contributed by atoms with van der Waals surface area (Å²) in [7, 11) is 1.71. The van der Waals surface area contributed by atoms with Crippen molar-refractivity contribution in [3.63, 3.8) is 0 Å². The van der Waals surface area contributed by atoms with Crippen molar-refractivity contribution < 1.29 is 4.79 Å². The molecular formula is C9H14Br2N4O. The van der Waals surface area contributed by atoms with E-state index >= 15 is 0 Å². The maximum atomic E-state index is 11.4. The fourth-order valence-corrected chi connectivity index (χ4v) is 2.22. The van der Waals surface area contributed by atoms with Crippen LogP contribution in [0.25, 0.3) is 0 Å². The van der Waals surface area contributed by atoms with E-state index in [-0.39, 0.29) is 0 Å². The first kappa shape index (κ1) is 13.7. The van der Waals surface area contributed by atoms with Gasteiger partial charge in [0.05, 0.1) is 6.54 Å². The Labute approximate surface area is 111 Å². The average Bonchev–Trinajstić information content (AvgIpc) is 2.44. The highest BCUT2D eigenvalue weighted by Crippen LogP contribution is 2.25. The van der Waals surface area contributed by atoms with Gasteiger partial charge in [0.25, 0.3) is 0 Å². The third kappa shape index (κ3) is 2.46. The lowest BCUT2D eigenvalue weighted by atomic mass is 10.0. The van der Waals surface area contributed by atoms with Crippen LogP contribution in [-0.4, -0.2) is 28.0 Å². The maximum absolute atomic E-state index is 11.4. The molecule has 5 nitrogen and oxygen atoms in total. The molecule has 1 atom stereocenters. The lowest BCUT2D eigenvalue weighted by Crippen LogP contribution is -2.54. The second kappa shape index (κ2) is 4.85. The number of nitrogens with zero attached hydrogens (tertiary/aromatic N) is 2. The minimum atomic E-state index is -0.798. The largest absolute Gasteiger partial charge is 0.368 e. The normalized spacial score (nSPS) is 14.8. The van der Waals surface area contributed by atoms with Crippen LogP contribution in [0.1, 0.15) is 12.7 Å². The second-order valence-corrected chi connectivity index (χ2v) is 5.28. The zero-order valence-corrected chi connectivity index (χ0v) is 12.5. The molecule has 3 N–H and O–H groups in total. The lowest BCUT2D eigenvalue weighted by molar-refractivity contribution is -0.124. The molecule has 0 aliphatic heterocycles. The van der Waals surface area contributed by atoms with E-state index in [0.717, 1.165) is 10.4 Å². The third-order valence-corrected chi connectivity index (χ3v) is 4.52. The number of carbonyl (C=O) groups is 1. The van der Waals surface area contributed by atoms with Crippen LogP contribution in [0.4, 0.5) is 0 Å². The third-order valence-electron chi connectivity index (χ3n) is 2.63. The highest BCUT2D eigenvalue weighted by atomic mass is 79.9. The quantitative estimate of drug-likeness (QED) is 0.853. The molecule has 16 heavy (non-hydrogen) atoms. The average molecular weight is 354 g/mol. The van der Waals surface area contributed by atoms with Crippen molar-refractivity contribution in [2.75, 3.05) is 7.05 Å². The molecule has 0 fully saturated rings. The molecule has 1 aromatic heterocycles. The van der Waals surface area contributed by atoms with Gasteiger partial charge in [-0.05, 0) is 52.8 Å². The summed E-state index contributed by atoms with van der Waals surface area (Å²) in [5.41, 5.74) is 4.58. The van der Waals surface area contributed by atoms with Crippen LogP contribution >= 0.6 is 31.9 Å². The Bertz CT molecular complexity index is 418. The van der Waals surface area contributed by atoms with Crippen molar-refractivity contribution in [1.29, 1.82) is 0 Å². The van der Waals surface area contributed by atoms with E-state index in [1.165, 1.54) is 0 Å². The molecule has 0 radical (unpaired) electrons. The van der Waals surface area contributed by atoms with Crippen LogP contribution in [0.2, 0.25) is 0 Å². The van der Waals surface area contributed by atoms with Crippen LogP contribution in [0.15, 0.2) is 9.21 Å². The van der Waals surface area contributed by atoms with Crippen LogP contribution < -0.4 is 11.1 Å². The molecular weight excluding hydrogens is 340 g/mol. The molecule has 0 saturated carbocycles. The highest BCUT2D eigenvalue weighted by Gasteiger charge is 2.31. The minimum Gasteiger partial charge on any atom is -0.368 e. The monoisotopic (exact) mass is 352 g/mol. The molecule has 1 unspecified atom stereocenters. The number of halogens is 2. The molecule has 1 amide bonds. The molecule has 0 aliphatic rings. The Balaban J connectivity index is 3.08. The molecule has 1 aromatic rings. The molecule has 0 bridgehead atoms. The topological polar surface area (TPSA) is 72.9 Å². The summed E-state index contributed by atoms with van der Waals surface area (Å²) >= 11 is 6.72. The van der Waals surface area contributed by atoms with E-state index in [2.05, 4.69) is 42.2 Å². The van der Waals surface area contributed by atoms with Gasteiger partial charge < -0.3 is 15.6 Å². The first-order chi connectivity index (χ1) is 7.31. The van der Waals surface area contributed by atoms with Crippen molar-refractivity contribution in [3.8, 4) is 0 Å². The number of aryl methyl sites for hydroxylation is 1.